The molecule has 1 amide bonds. The van der Waals surface area contributed by atoms with Crippen LogP contribution in [-0.2, 0) is 4.79 Å². The van der Waals surface area contributed by atoms with Gasteiger partial charge < -0.3 is 10.1 Å². The second-order valence-corrected chi connectivity index (χ2v) is 5.20. The summed E-state index contributed by atoms with van der Waals surface area (Å²) in [5, 5.41) is 2.75. The Morgan fingerprint density at radius 3 is 2.41 bits per heavy atom. The average molecular weight is 297 g/mol. The van der Waals surface area contributed by atoms with Crippen LogP contribution in [0.1, 0.15) is 29.8 Å². The lowest BCUT2D eigenvalue weighted by atomic mass is 10.1. The molecule has 1 N–H and O–H groups in total. The van der Waals surface area contributed by atoms with E-state index >= 15 is 0 Å². The normalized spacial score (nSPS) is 11.6. The Morgan fingerprint density at radius 2 is 1.77 bits per heavy atom. The number of ether oxygens (including phenoxy) is 1. The highest BCUT2D eigenvalue weighted by Gasteiger charge is 2.15. The van der Waals surface area contributed by atoms with E-state index in [0.29, 0.717) is 17.0 Å². The van der Waals surface area contributed by atoms with Gasteiger partial charge in [-0.1, -0.05) is 29.8 Å². The molecule has 0 aliphatic rings. The third-order valence-corrected chi connectivity index (χ3v) is 3.24. The number of nitrogens with one attached hydrogen (secondary N) is 1. The highest BCUT2D eigenvalue weighted by atomic mass is 16.5. The zero-order valence-corrected chi connectivity index (χ0v) is 12.9. The number of anilines is 1. The number of amides is 1. The van der Waals surface area contributed by atoms with Gasteiger partial charge in [-0.3, -0.25) is 9.59 Å². The first-order valence-corrected chi connectivity index (χ1v) is 7.11. The van der Waals surface area contributed by atoms with Crippen LogP contribution in [0.3, 0.4) is 0 Å². The maximum absolute atomic E-state index is 12.1. The van der Waals surface area contributed by atoms with E-state index in [-0.39, 0.29) is 11.7 Å². The Morgan fingerprint density at radius 1 is 1.09 bits per heavy atom. The van der Waals surface area contributed by atoms with E-state index in [1.165, 1.54) is 6.92 Å². The third-order valence-electron chi connectivity index (χ3n) is 3.24. The minimum Gasteiger partial charge on any atom is -0.481 e. The molecule has 2 aromatic carbocycles. The van der Waals surface area contributed by atoms with E-state index in [1.807, 2.05) is 31.2 Å². The fourth-order valence-electron chi connectivity index (χ4n) is 1.93. The highest BCUT2D eigenvalue weighted by molar-refractivity contribution is 5.98. The first kappa shape index (κ1) is 15.8. The van der Waals surface area contributed by atoms with Crippen LogP contribution in [-0.4, -0.2) is 17.8 Å². The molecule has 0 bridgehead atoms. The smallest absolute Gasteiger partial charge is 0.265 e. The Bertz CT molecular complexity index is 677. The Balaban J connectivity index is 2.00. The maximum atomic E-state index is 12.1. The third kappa shape index (κ3) is 4.19. The van der Waals surface area contributed by atoms with Gasteiger partial charge in [0.25, 0.3) is 5.91 Å². The van der Waals surface area contributed by atoms with Crippen LogP contribution in [0.5, 0.6) is 5.75 Å². The van der Waals surface area contributed by atoms with Gasteiger partial charge in [0.1, 0.15) is 5.75 Å². The van der Waals surface area contributed by atoms with Gasteiger partial charge in [-0.05, 0) is 45.0 Å². The molecule has 0 aliphatic carbocycles. The van der Waals surface area contributed by atoms with Crippen molar-refractivity contribution >= 4 is 17.4 Å². The molecule has 114 valence electrons. The van der Waals surface area contributed by atoms with Gasteiger partial charge >= 0.3 is 0 Å². The molecular weight excluding hydrogens is 278 g/mol. The summed E-state index contributed by atoms with van der Waals surface area (Å²) < 4.78 is 5.60. The van der Waals surface area contributed by atoms with Crippen LogP contribution in [0, 0.1) is 6.92 Å². The van der Waals surface area contributed by atoms with Gasteiger partial charge in [-0.25, -0.2) is 0 Å². The molecule has 0 saturated carbocycles. The van der Waals surface area contributed by atoms with Crippen molar-refractivity contribution in [2.24, 2.45) is 0 Å². The van der Waals surface area contributed by atoms with Crippen LogP contribution < -0.4 is 10.1 Å². The largest absolute Gasteiger partial charge is 0.481 e. The molecule has 2 rings (SSSR count). The molecule has 4 heteroatoms. The average Bonchev–Trinajstić information content (AvgIpc) is 2.49. The number of aryl methyl sites for hydroxylation is 1. The summed E-state index contributed by atoms with van der Waals surface area (Å²) in [4.78, 5) is 23.5. The van der Waals surface area contributed by atoms with E-state index in [2.05, 4.69) is 5.32 Å². The molecule has 0 fully saturated rings. The first-order valence-electron chi connectivity index (χ1n) is 7.11. The van der Waals surface area contributed by atoms with E-state index in [1.54, 1.807) is 31.2 Å². The van der Waals surface area contributed by atoms with E-state index < -0.39 is 6.10 Å². The Hall–Kier alpha value is -2.62. The van der Waals surface area contributed by atoms with Crippen molar-refractivity contribution in [1.82, 2.24) is 0 Å². The molecule has 1 atom stereocenters. The fraction of sp³-hybridized carbons (Fsp3) is 0.222. The second kappa shape index (κ2) is 6.89. The first-order chi connectivity index (χ1) is 10.5. The quantitative estimate of drug-likeness (QED) is 0.858. The molecule has 0 aliphatic heterocycles. The minimum atomic E-state index is -0.635. The monoisotopic (exact) mass is 297 g/mol. The predicted octanol–water partition coefficient (Wildman–Crippen LogP) is 3.60. The Labute approximate surface area is 130 Å². The van der Waals surface area contributed by atoms with E-state index in [4.69, 9.17) is 4.74 Å². The Kier molecular flexibility index (Phi) is 4.94. The highest BCUT2D eigenvalue weighted by Crippen LogP contribution is 2.15. The summed E-state index contributed by atoms with van der Waals surface area (Å²) in [6.45, 7) is 5.16. The van der Waals surface area contributed by atoms with Crippen molar-refractivity contribution in [3.63, 3.8) is 0 Å². The summed E-state index contributed by atoms with van der Waals surface area (Å²) in [6.07, 6.45) is -0.635. The van der Waals surface area contributed by atoms with E-state index in [0.717, 1.165) is 5.56 Å². The van der Waals surface area contributed by atoms with Crippen molar-refractivity contribution in [2.75, 3.05) is 5.32 Å². The van der Waals surface area contributed by atoms with Gasteiger partial charge in [0.15, 0.2) is 11.9 Å². The molecule has 0 radical (unpaired) electrons. The summed E-state index contributed by atoms with van der Waals surface area (Å²) in [5.74, 6) is 0.340. The summed E-state index contributed by atoms with van der Waals surface area (Å²) in [7, 11) is 0. The van der Waals surface area contributed by atoms with Crippen LogP contribution in [0.2, 0.25) is 0 Å². The van der Waals surface area contributed by atoms with Crippen molar-refractivity contribution < 1.29 is 14.3 Å². The number of carbonyl (C=O) groups is 2. The number of rotatable bonds is 5. The number of hydrogen-bond acceptors (Lipinski definition) is 3. The van der Waals surface area contributed by atoms with Crippen molar-refractivity contribution in [3.05, 3.63) is 59.7 Å². The molecule has 0 aromatic heterocycles. The lowest BCUT2D eigenvalue weighted by Crippen LogP contribution is -2.30. The zero-order chi connectivity index (χ0) is 16.1. The summed E-state index contributed by atoms with van der Waals surface area (Å²) in [6, 6.07) is 14.3. The molecule has 0 heterocycles. The summed E-state index contributed by atoms with van der Waals surface area (Å²) in [5.41, 5.74) is 2.27. The molecular formula is C18H19NO3. The van der Waals surface area contributed by atoms with Gasteiger partial charge in [0, 0.05) is 11.3 Å². The lowest BCUT2D eigenvalue weighted by molar-refractivity contribution is -0.122. The number of hydrogen-bond donors (Lipinski definition) is 1. The standard InChI is InChI=1S/C18H19NO3/c1-12-7-9-17(10-8-12)22-14(3)18(21)19-16-6-4-5-15(11-16)13(2)20/h4-11,14H,1-3H3,(H,19,21). The van der Waals surface area contributed by atoms with Crippen molar-refractivity contribution in [3.8, 4) is 5.75 Å². The number of benzene rings is 2. The molecule has 22 heavy (non-hydrogen) atoms. The SMILES string of the molecule is CC(=O)c1cccc(NC(=O)C(C)Oc2ccc(C)cc2)c1. The molecule has 1 unspecified atom stereocenters. The van der Waals surface area contributed by atoms with Gasteiger partial charge in [-0.15, -0.1) is 0 Å². The number of carbonyl (C=O) groups excluding carboxylic acids is 2. The van der Waals surface area contributed by atoms with Crippen molar-refractivity contribution in [2.45, 2.75) is 26.9 Å². The molecule has 4 nitrogen and oxygen atoms in total. The second-order valence-electron chi connectivity index (χ2n) is 5.20. The zero-order valence-electron chi connectivity index (χ0n) is 12.9. The number of ketones is 1. The van der Waals surface area contributed by atoms with Crippen LogP contribution in [0.4, 0.5) is 5.69 Å². The van der Waals surface area contributed by atoms with Crippen molar-refractivity contribution in [1.29, 1.82) is 0 Å². The topological polar surface area (TPSA) is 55.4 Å². The summed E-state index contributed by atoms with van der Waals surface area (Å²) >= 11 is 0. The molecule has 2 aromatic rings. The van der Waals surface area contributed by atoms with Crippen LogP contribution in [0.15, 0.2) is 48.5 Å². The van der Waals surface area contributed by atoms with Gasteiger partial charge in [0.05, 0.1) is 0 Å². The molecule has 0 saturated heterocycles. The van der Waals surface area contributed by atoms with E-state index in [9.17, 15) is 9.59 Å². The number of Topliss-reactive ketones (excluding diaryl/α,β-unsaturated/α-hetero) is 1. The van der Waals surface area contributed by atoms with Gasteiger partial charge in [0.2, 0.25) is 0 Å². The van der Waals surface area contributed by atoms with Crippen LogP contribution in [0.25, 0.3) is 0 Å². The minimum absolute atomic E-state index is 0.0416. The fourth-order valence-corrected chi connectivity index (χ4v) is 1.93. The predicted molar refractivity (Wildman–Crippen MR) is 86.3 cm³/mol. The molecule has 0 spiro atoms. The van der Waals surface area contributed by atoms with Crippen LogP contribution >= 0.6 is 0 Å². The lowest BCUT2D eigenvalue weighted by Gasteiger charge is -2.15. The van der Waals surface area contributed by atoms with Gasteiger partial charge in [-0.2, -0.15) is 0 Å². The maximum Gasteiger partial charge on any atom is 0.265 e.